The highest BCUT2D eigenvalue weighted by Crippen LogP contribution is 2.30. The molecule has 2 aliphatic heterocycles. The van der Waals surface area contributed by atoms with E-state index in [0.29, 0.717) is 12.5 Å². The lowest BCUT2D eigenvalue weighted by atomic mass is 9.88. The number of hydrogen-bond donors (Lipinski definition) is 2. The van der Waals surface area contributed by atoms with Gasteiger partial charge in [0.05, 0.1) is 6.42 Å². The Morgan fingerprint density at radius 1 is 1.00 bits per heavy atom. The summed E-state index contributed by atoms with van der Waals surface area (Å²) < 4.78 is 0. The van der Waals surface area contributed by atoms with Gasteiger partial charge < -0.3 is 15.3 Å². The number of hydrogen-bond acceptors (Lipinski definition) is 3. The zero-order valence-electron chi connectivity index (χ0n) is 17.9. The lowest BCUT2D eigenvalue weighted by molar-refractivity contribution is -0.137. The lowest BCUT2D eigenvalue weighted by Crippen LogP contribution is -2.34. The second-order valence-electron chi connectivity index (χ2n) is 8.56. The summed E-state index contributed by atoms with van der Waals surface area (Å²) in [5.74, 6) is -0.313. The van der Waals surface area contributed by atoms with E-state index in [1.54, 1.807) is 0 Å². The van der Waals surface area contributed by atoms with Crippen LogP contribution in [0.15, 0.2) is 54.6 Å². The Morgan fingerprint density at radius 3 is 2.35 bits per heavy atom. The molecule has 2 fully saturated rings. The van der Waals surface area contributed by atoms with Crippen molar-refractivity contribution in [3.63, 3.8) is 0 Å². The number of anilines is 1. The molecule has 2 aromatic carbocycles. The van der Waals surface area contributed by atoms with Crippen LogP contribution in [0.1, 0.15) is 42.7 Å². The third-order valence-corrected chi connectivity index (χ3v) is 6.55. The highest BCUT2D eigenvalue weighted by Gasteiger charge is 2.30. The van der Waals surface area contributed by atoms with Crippen LogP contribution in [0.3, 0.4) is 0 Å². The molecule has 0 aromatic heterocycles. The van der Waals surface area contributed by atoms with Crippen LogP contribution < -0.4 is 10.2 Å². The predicted molar refractivity (Wildman–Crippen MR) is 122 cm³/mol. The number of carbonyl (C=O) groups is 2. The number of carboxylic acids is 1. The molecule has 2 N–H and O–H groups in total. The standard InChI is InChI=1S/C25H31N3O3/c29-24(30)18-23(20-4-2-1-3-5-20)21-6-8-22(9-7-21)28-17-16-27(25(28)31)15-12-19-10-13-26-14-11-19/h1-9,19,23,26H,10-18H2,(H,29,30). The molecule has 0 spiro atoms. The fraction of sp³-hybridized carbons (Fsp3) is 0.440. The van der Waals surface area contributed by atoms with E-state index >= 15 is 0 Å². The molecule has 0 radical (unpaired) electrons. The van der Waals surface area contributed by atoms with Gasteiger partial charge in [-0.05, 0) is 61.5 Å². The van der Waals surface area contributed by atoms with Gasteiger partial charge in [-0.1, -0.05) is 42.5 Å². The zero-order chi connectivity index (χ0) is 21.6. The largest absolute Gasteiger partial charge is 0.481 e. The third-order valence-electron chi connectivity index (χ3n) is 6.55. The van der Waals surface area contributed by atoms with Crippen molar-refractivity contribution < 1.29 is 14.7 Å². The van der Waals surface area contributed by atoms with Crippen LogP contribution in [0.4, 0.5) is 10.5 Å². The normalized spacial score (nSPS) is 18.4. The quantitative estimate of drug-likeness (QED) is 0.678. The maximum absolute atomic E-state index is 12.9. The van der Waals surface area contributed by atoms with Crippen molar-refractivity contribution in [2.75, 3.05) is 37.6 Å². The van der Waals surface area contributed by atoms with Gasteiger partial charge in [-0.2, -0.15) is 0 Å². The van der Waals surface area contributed by atoms with Gasteiger partial charge in [0.1, 0.15) is 0 Å². The maximum Gasteiger partial charge on any atom is 0.324 e. The first-order chi connectivity index (χ1) is 15.1. The molecule has 4 rings (SSSR count). The summed E-state index contributed by atoms with van der Waals surface area (Å²) in [5, 5.41) is 12.8. The topological polar surface area (TPSA) is 72.9 Å². The second-order valence-corrected chi connectivity index (χ2v) is 8.56. The molecule has 2 amide bonds. The molecule has 0 aliphatic carbocycles. The first-order valence-corrected chi connectivity index (χ1v) is 11.3. The summed E-state index contributed by atoms with van der Waals surface area (Å²) in [5.41, 5.74) is 2.81. The number of carbonyl (C=O) groups excluding carboxylic acids is 1. The predicted octanol–water partition coefficient (Wildman–Crippen LogP) is 3.92. The van der Waals surface area contributed by atoms with E-state index in [1.807, 2.05) is 64.4 Å². The van der Waals surface area contributed by atoms with E-state index in [9.17, 15) is 14.7 Å². The first-order valence-electron chi connectivity index (χ1n) is 11.3. The fourth-order valence-corrected chi connectivity index (χ4v) is 4.71. The summed E-state index contributed by atoms with van der Waals surface area (Å²) >= 11 is 0. The lowest BCUT2D eigenvalue weighted by Gasteiger charge is -2.25. The van der Waals surface area contributed by atoms with E-state index < -0.39 is 5.97 Å². The number of carboxylic acid groups (broad SMARTS) is 1. The molecule has 0 saturated carbocycles. The van der Waals surface area contributed by atoms with Crippen LogP contribution >= 0.6 is 0 Å². The molecule has 2 aromatic rings. The number of aliphatic carboxylic acids is 1. The maximum atomic E-state index is 12.9. The zero-order valence-corrected chi connectivity index (χ0v) is 17.9. The van der Waals surface area contributed by atoms with Gasteiger partial charge in [0, 0.05) is 31.2 Å². The summed E-state index contributed by atoms with van der Waals surface area (Å²) in [6.45, 7) is 4.46. The van der Waals surface area contributed by atoms with Gasteiger partial charge >= 0.3 is 12.0 Å². The molecular weight excluding hydrogens is 390 g/mol. The molecule has 2 aliphatic rings. The summed E-state index contributed by atoms with van der Waals surface area (Å²) in [7, 11) is 0. The Kier molecular flexibility index (Phi) is 6.87. The van der Waals surface area contributed by atoms with Gasteiger partial charge in [0.15, 0.2) is 0 Å². The van der Waals surface area contributed by atoms with E-state index in [0.717, 1.165) is 49.4 Å². The van der Waals surface area contributed by atoms with Crippen molar-refractivity contribution in [3.8, 4) is 0 Å². The summed E-state index contributed by atoms with van der Waals surface area (Å²) in [4.78, 5) is 28.2. The van der Waals surface area contributed by atoms with Crippen molar-refractivity contribution in [2.24, 2.45) is 5.92 Å². The number of nitrogens with zero attached hydrogens (tertiary/aromatic N) is 2. The van der Waals surface area contributed by atoms with Gasteiger partial charge in [0.2, 0.25) is 0 Å². The van der Waals surface area contributed by atoms with E-state index in [4.69, 9.17) is 0 Å². The molecule has 6 heteroatoms. The minimum atomic E-state index is -0.822. The Morgan fingerprint density at radius 2 is 1.68 bits per heavy atom. The average Bonchev–Trinajstić information content (AvgIpc) is 3.17. The fourth-order valence-electron chi connectivity index (χ4n) is 4.71. The highest BCUT2D eigenvalue weighted by atomic mass is 16.4. The van der Waals surface area contributed by atoms with Crippen molar-refractivity contribution >= 4 is 17.7 Å². The molecule has 6 nitrogen and oxygen atoms in total. The van der Waals surface area contributed by atoms with Crippen LogP contribution in [-0.4, -0.2) is 54.7 Å². The monoisotopic (exact) mass is 421 g/mol. The third kappa shape index (κ3) is 5.25. The molecule has 164 valence electrons. The van der Waals surface area contributed by atoms with Crippen LogP contribution in [0, 0.1) is 5.92 Å². The minimum Gasteiger partial charge on any atom is -0.481 e. The van der Waals surface area contributed by atoms with Crippen molar-refractivity contribution in [2.45, 2.75) is 31.6 Å². The van der Waals surface area contributed by atoms with Gasteiger partial charge in [-0.15, -0.1) is 0 Å². The Labute approximate surface area is 183 Å². The average molecular weight is 422 g/mol. The number of urea groups is 1. The molecule has 1 unspecified atom stereocenters. The van der Waals surface area contributed by atoms with E-state index in [-0.39, 0.29) is 18.4 Å². The van der Waals surface area contributed by atoms with Gasteiger partial charge in [0.25, 0.3) is 0 Å². The SMILES string of the molecule is O=C(O)CC(c1ccccc1)c1ccc(N2CCN(CCC3CCNCC3)C2=O)cc1. The highest BCUT2D eigenvalue weighted by molar-refractivity contribution is 5.94. The molecule has 31 heavy (non-hydrogen) atoms. The number of nitrogens with one attached hydrogen (secondary N) is 1. The number of piperidine rings is 1. The van der Waals surface area contributed by atoms with Crippen molar-refractivity contribution in [3.05, 3.63) is 65.7 Å². The van der Waals surface area contributed by atoms with Crippen molar-refractivity contribution in [1.82, 2.24) is 10.2 Å². The molecule has 2 saturated heterocycles. The summed E-state index contributed by atoms with van der Waals surface area (Å²) in [6.07, 6.45) is 3.52. The first kappa shape index (κ1) is 21.4. The Balaban J connectivity index is 1.41. The van der Waals surface area contributed by atoms with Gasteiger partial charge in [-0.25, -0.2) is 4.79 Å². The van der Waals surface area contributed by atoms with Crippen LogP contribution in [0.5, 0.6) is 0 Å². The molecule has 2 heterocycles. The number of benzene rings is 2. The van der Waals surface area contributed by atoms with E-state index in [2.05, 4.69) is 5.32 Å². The minimum absolute atomic E-state index is 0.0382. The van der Waals surface area contributed by atoms with Crippen LogP contribution in [0.2, 0.25) is 0 Å². The summed E-state index contributed by atoms with van der Waals surface area (Å²) in [6, 6.07) is 17.6. The Hall–Kier alpha value is -2.86. The van der Waals surface area contributed by atoms with Crippen LogP contribution in [0.25, 0.3) is 0 Å². The van der Waals surface area contributed by atoms with Gasteiger partial charge in [-0.3, -0.25) is 9.69 Å². The van der Waals surface area contributed by atoms with E-state index in [1.165, 1.54) is 12.8 Å². The molecule has 0 bridgehead atoms. The number of amides is 2. The van der Waals surface area contributed by atoms with Crippen LogP contribution in [-0.2, 0) is 4.79 Å². The second kappa shape index (κ2) is 9.96. The molecule has 1 atom stereocenters. The van der Waals surface area contributed by atoms with Crippen molar-refractivity contribution in [1.29, 1.82) is 0 Å². The Bertz CT molecular complexity index is 879. The molecular formula is C25H31N3O3. The smallest absolute Gasteiger partial charge is 0.324 e. The number of rotatable bonds is 8.